The summed E-state index contributed by atoms with van der Waals surface area (Å²) in [6.45, 7) is 10.8. The number of hydrogen-bond acceptors (Lipinski definition) is 15. The summed E-state index contributed by atoms with van der Waals surface area (Å²) in [7, 11) is 3.49. The van der Waals surface area contributed by atoms with Crippen LogP contribution in [0.5, 0.6) is 5.75 Å². The van der Waals surface area contributed by atoms with Gasteiger partial charge in [-0.3, -0.25) is 19.2 Å². The van der Waals surface area contributed by atoms with Gasteiger partial charge in [0.15, 0.2) is 0 Å². The van der Waals surface area contributed by atoms with E-state index < -0.39 is 29.5 Å². The van der Waals surface area contributed by atoms with Gasteiger partial charge in [-0.1, -0.05) is 74.8 Å². The van der Waals surface area contributed by atoms with Crippen molar-refractivity contribution in [3.63, 3.8) is 0 Å². The summed E-state index contributed by atoms with van der Waals surface area (Å²) < 4.78 is 22.8. The molecule has 0 spiro atoms. The van der Waals surface area contributed by atoms with E-state index in [0.29, 0.717) is 41.3 Å². The Hall–Kier alpha value is -6.68. The summed E-state index contributed by atoms with van der Waals surface area (Å²) >= 11 is 8.14. The molecule has 0 bridgehead atoms. The van der Waals surface area contributed by atoms with Gasteiger partial charge in [0.1, 0.15) is 17.8 Å². The number of aliphatic hydroxyl groups is 1. The highest BCUT2D eigenvalue weighted by Crippen LogP contribution is 2.36. The van der Waals surface area contributed by atoms with E-state index in [1.807, 2.05) is 118 Å². The quantitative estimate of drug-likeness (QED) is 0.0370. The molecule has 3 aromatic carbocycles. The Morgan fingerprint density at radius 1 is 0.936 bits per heavy atom. The van der Waals surface area contributed by atoms with Gasteiger partial charge >= 0.3 is 0 Å². The van der Waals surface area contributed by atoms with Crippen molar-refractivity contribution in [3.8, 4) is 27.4 Å². The summed E-state index contributed by atoms with van der Waals surface area (Å²) in [5.41, 5.74) is 8.25. The van der Waals surface area contributed by atoms with Gasteiger partial charge in [-0.15, -0.1) is 11.3 Å². The maximum Gasteiger partial charge on any atom is 0.246 e. The van der Waals surface area contributed by atoms with E-state index in [0.717, 1.165) is 69.8 Å². The standard InChI is InChI=1S/C57H71ClN10O9S/c1-36-52(78-35-62-36)38-13-11-37(12-14-38)31-60-54(72)47-30-41(69)34-68(47)55(73)53(57(2,3)4)64-49(70)19-23-75-25-27-77-28-26-76-24-20-50(71)66(5)39-17-21-67(22-18-39)40-15-16-46(48(29-40)74-6)63-56-61-33-44(58)51(65-56)43-32-59-45-10-8-7-9-42(43)45/h7-16,29,32-33,35,39,41,47,53,59,69H,17-28,30-31,34H2,1-6H3,(H,60,72)(H,64,70)(H,61,63,65)/t41-,47+,53?/m1/s1. The Labute approximate surface area is 464 Å². The molecule has 78 heavy (non-hydrogen) atoms. The Balaban J connectivity index is 0.678. The van der Waals surface area contributed by atoms with Gasteiger partial charge in [-0.05, 0) is 54.5 Å². The second kappa shape index (κ2) is 26.8. The van der Waals surface area contributed by atoms with Crippen LogP contribution in [-0.4, -0.2) is 156 Å². The second-order valence-electron chi connectivity index (χ2n) is 20.7. The van der Waals surface area contributed by atoms with E-state index in [4.69, 9.17) is 35.5 Å². The molecule has 2 fully saturated rings. The first kappa shape index (κ1) is 57.5. The molecular weight excluding hydrogens is 1040 g/mol. The number of halogens is 1. The predicted octanol–water partition coefficient (Wildman–Crippen LogP) is 7.53. The first-order valence-electron chi connectivity index (χ1n) is 26.4. The summed E-state index contributed by atoms with van der Waals surface area (Å²) in [4.78, 5) is 77.1. The monoisotopic (exact) mass is 1110 g/mol. The number of aryl methyl sites for hydroxylation is 1. The number of ether oxygens (including phenoxy) is 4. The fourth-order valence-electron chi connectivity index (χ4n) is 9.76. The number of β-amino-alcohol motifs (C(OH)–C–C–N with tert-alkyl or cyclic N) is 1. The highest BCUT2D eigenvalue weighted by atomic mass is 35.5. The zero-order chi connectivity index (χ0) is 55.3. The molecule has 0 saturated carbocycles. The third-order valence-electron chi connectivity index (χ3n) is 14.2. The molecule has 2 aliphatic rings. The Bertz CT molecular complexity index is 2990. The van der Waals surface area contributed by atoms with Crippen molar-refractivity contribution in [1.29, 1.82) is 0 Å². The average Bonchev–Trinajstić information content (AvgIpc) is 4.21. The molecule has 6 aromatic rings. The molecule has 3 aromatic heterocycles. The van der Waals surface area contributed by atoms with Crippen molar-refractivity contribution < 1.29 is 43.2 Å². The molecule has 21 heteroatoms. The van der Waals surface area contributed by atoms with E-state index in [-0.39, 0.29) is 82.5 Å². The highest BCUT2D eigenvalue weighted by molar-refractivity contribution is 7.13. The highest BCUT2D eigenvalue weighted by Gasteiger charge is 2.44. The average molecular weight is 1110 g/mol. The number of nitrogens with zero attached hydrogens (tertiary/aromatic N) is 6. The second-order valence-corrected chi connectivity index (χ2v) is 21.9. The number of para-hydroxylation sites is 1. The van der Waals surface area contributed by atoms with Crippen molar-refractivity contribution in [2.75, 3.05) is 83.6 Å². The number of benzene rings is 3. The van der Waals surface area contributed by atoms with E-state index in [9.17, 15) is 24.3 Å². The fourth-order valence-corrected chi connectivity index (χ4v) is 10.8. The lowest BCUT2D eigenvalue weighted by Crippen LogP contribution is -2.57. The van der Waals surface area contributed by atoms with Crippen LogP contribution < -0.4 is 25.6 Å². The maximum atomic E-state index is 14.0. The number of methoxy groups -OCH3 is 1. The van der Waals surface area contributed by atoms with E-state index >= 15 is 0 Å². The molecule has 0 radical (unpaired) electrons. The molecular formula is C57H71ClN10O9S. The molecule has 0 aliphatic carbocycles. The summed E-state index contributed by atoms with van der Waals surface area (Å²) in [6, 6.07) is 20.1. The Morgan fingerprint density at radius 3 is 2.33 bits per heavy atom. The fraction of sp³-hybridized carbons (Fsp3) is 0.456. The van der Waals surface area contributed by atoms with Crippen molar-refractivity contribution in [2.24, 2.45) is 5.41 Å². The smallest absolute Gasteiger partial charge is 0.246 e. The molecule has 3 atom stereocenters. The first-order valence-corrected chi connectivity index (χ1v) is 27.7. The molecule has 1 unspecified atom stereocenters. The summed E-state index contributed by atoms with van der Waals surface area (Å²) in [5, 5.41) is 21.1. The normalized spacial score (nSPS) is 16.3. The van der Waals surface area contributed by atoms with Gasteiger partial charge in [0.2, 0.25) is 29.6 Å². The topological polar surface area (TPSA) is 226 Å². The molecule has 416 valence electrons. The third-order valence-corrected chi connectivity index (χ3v) is 15.4. The Kier molecular flexibility index (Phi) is 19.7. The number of aromatic nitrogens is 4. The van der Waals surface area contributed by atoms with Crippen LogP contribution in [0.2, 0.25) is 5.02 Å². The lowest BCUT2D eigenvalue weighted by Gasteiger charge is -2.38. The van der Waals surface area contributed by atoms with Gasteiger partial charge in [0, 0.05) is 86.5 Å². The number of carbonyl (C=O) groups is 4. The molecule has 8 rings (SSSR count). The van der Waals surface area contributed by atoms with E-state index in [2.05, 4.69) is 35.8 Å². The number of likely N-dealkylation sites (tertiary alicyclic amines) is 1. The van der Waals surface area contributed by atoms with Gasteiger partial charge in [0.05, 0.1) is 98.0 Å². The number of aromatic amines is 1. The zero-order valence-corrected chi connectivity index (χ0v) is 46.8. The number of piperidine rings is 1. The van der Waals surface area contributed by atoms with Crippen LogP contribution in [0.4, 0.5) is 17.3 Å². The SMILES string of the molecule is COc1cc(N2CCC(N(C)C(=O)CCOCCOCCOCCC(=O)NC(C(=O)N3C[C@H](O)C[C@H]3C(=O)NCc3ccc(-c4scnc4C)cc3)C(C)(C)C)CC2)ccc1Nc1ncc(Cl)c(-c2c[nH]c3ccccc23)n1. The number of aliphatic hydroxyl groups excluding tert-OH is 1. The number of H-pyrrole nitrogens is 1. The number of anilines is 3. The minimum absolute atomic E-state index is 0.0117. The van der Waals surface area contributed by atoms with Crippen LogP contribution in [0.3, 0.4) is 0 Å². The van der Waals surface area contributed by atoms with Gasteiger partial charge < -0.3 is 59.7 Å². The number of thiazole rings is 1. The van der Waals surface area contributed by atoms with Crippen LogP contribution in [-0.2, 0) is 39.9 Å². The largest absolute Gasteiger partial charge is 0.494 e. The van der Waals surface area contributed by atoms with Crippen LogP contribution >= 0.6 is 22.9 Å². The van der Waals surface area contributed by atoms with Gasteiger partial charge in [-0.25, -0.2) is 15.0 Å². The predicted molar refractivity (Wildman–Crippen MR) is 302 cm³/mol. The first-order chi connectivity index (χ1) is 37.6. The number of hydrogen-bond donors (Lipinski definition) is 5. The summed E-state index contributed by atoms with van der Waals surface area (Å²) in [6.07, 6.45) is 4.62. The van der Waals surface area contributed by atoms with Crippen molar-refractivity contribution in [2.45, 2.75) is 90.6 Å². The molecule has 2 saturated heterocycles. The number of nitrogens with one attached hydrogen (secondary N) is 4. The van der Waals surface area contributed by atoms with Crippen molar-refractivity contribution in [3.05, 3.63) is 101 Å². The van der Waals surface area contributed by atoms with Crippen LogP contribution in [0.25, 0.3) is 32.6 Å². The van der Waals surface area contributed by atoms with Crippen LogP contribution in [0, 0.1) is 12.3 Å². The van der Waals surface area contributed by atoms with Gasteiger partial charge in [0.25, 0.3) is 0 Å². The third kappa shape index (κ3) is 14.7. The van der Waals surface area contributed by atoms with Crippen molar-refractivity contribution >= 4 is 74.8 Å². The number of rotatable bonds is 24. The number of amides is 4. The summed E-state index contributed by atoms with van der Waals surface area (Å²) in [5.74, 6) is -0.113. The van der Waals surface area contributed by atoms with E-state index in [1.165, 1.54) is 4.90 Å². The van der Waals surface area contributed by atoms with E-state index in [1.54, 1.807) is 24.6 Å². The molecule has 19 nitrogen and oxygen atoms in total. The molecule has 5 heterocycles. The van der Waals surface area contributed by atoms with Crippen LogP contribution in [0.15, 0.2) is 84.6 Å². The van der Waals surface area contributed by atoms with Crippen LogP contribution in [0.1, 0.15) is 64.1 Å². The lowest BCUT2D eigenvalue weighted by molar-refractivity contribution is -0.144. The molecule has 2 aliphatic heterocycles. The maximum absolute atomic E-state index is 14.0. The minimum atomic E-state index is -0.942. The molecule has 5 N–H and O–H groups in total. The van der Waals surface area contributed by atoms with Gasteiger partial charge in [-0.2, -0.15) is 0 Å². The lowest BCUT2D eigenvalue weighted by atomic mass is 9.85. The minimum Gasteiger partial charge on any atom is -0.494 e. The number of carbonyl (C=O) groups excluding carboxylic acids is 4. The molecule has 4 amide bonds. The van der Waals surface area contributed by atoms with Crippen molar-refractivity contribution in [1.82, 2.24) is 40.4 Å². The number of fused-ring (bicyclic) bond motifs is 1. The zero-order valence-electron chi connectivity index (χ0n) is 45.2. The Morgan fingerprint density at radius 2 is 1.64 bits per heavy atom.